The van der Waals surface area contributed by atoms with E-state index < -0.39 is 0 Å². The normalized spacial score (nSPS) is 17.6. The van der Waals surface area contributed by atoms with Crippen LogP contribution < -0.4 is 5.32 Å². The fourth-order valence-corrected chi connectivity index (χ4v) is 2.19. The van der Waals surface area contributed by atoms with Gasteiger partial charge in [0, 0.05) is 19.3 Å². The minimum absolute atomic E-state index is 0.665. The Labute approximate surface area is 98.0 Å². The van der Waals surface area contributed by atoms with E-state index in [1.807, 2.05) is 0 Å². The fourth-order valence-electron chi connectivity index (χ4n) is 2.19. The molecule has 1 aromatic rings. The molecule has 1 fully saturated rings. The smallest absolute Gasteiger partial charge is 0.0480 e. The summed E-state index contributed by atoms with van der Waals surface area (Å²) >= 11 is 0. The zero-order chi connectivity index (χ0) is 11.2. The number of hydrogen-bond acceptors (Lipinski definition) is 2. The van der Waals surface area contributed by atoms with Gasteiger partial charge in [-0.25, -0.2) is 0 Å². The van der Waals surface area contributed by atoms with Crippen molar-refractivity contribution in [2.45, 2.75) is 32.2 Å². The van der Waals surface area contributed by atoms with Crippen molar-refractivity contribution in [1.82, 2.24) is 5.32 Å². The molecule has 0 spiro atoms. The summed E-state index contributed by atoms with van der Waals surface area (Å²) in [5, 5.41) is 3.61. The fraction of sp³-hybridized carbons (Fsp3) is 0.571. The molecule has 0 bridgehead atoms. The van der Waals surface area contributed by atoms with Crippen molar-refractivity contribution in [2.75, 3.05) is 19.8 Å². The molecule has 1 aliphatic heterocycles. The van der Waals surface area contributed by atoms with Crippen LogP contribution in [0.3, 0.4) is 0 Å². The van der Waals surface area contributed by atoms with Gasteiger partial charge in [-0.2, -0.15) is 0 Å². The Bertz CT molecular complexity index is 318. The summed E-state index contributed by atoms with van der Waals surface area (Å²) in [5.74, 6) is 0. The minimum Gasteiger partial charge on any atom is -0.381 e. The molecule has 2 rings (SSSR count). The highest BCUT2D eigenvalue weighted by Crippen LogP contribution is 2.07. The maximum absolute atomic E-state index is 5.34. The van der Waals surface area contributed by atoms with Crippen molar-refractivity contribution in [3.05, 3.63) is 35.4 Å². The highest BCUT2D eigenvalue weighted by Gasteiger charge is 2.12. The Hall–Kier alpha value is -0.860. The second-order valence-electron chi connectivity index (χ2n) is 4.58. The zero-order valence-electron chi connectivity index (χ0n) is 10.0. The molecule has 0 radical (unpaired) electrons. The monoisotopic (exact) mass is 219 g/mol. The molecule has 0 unspecified atom stereocenters. The second-order valence-corrected chi connectivity index (χ2v) is 4.58. The molecule has 1 N–H and O–H groups in total. The lowest BCUT2D eigenvalue weighted by Gasteiger charge is -2.23. The molecule has 88 valence electrons. The molecule has 1 heterocycles. The van der Waals surface area contributed by atoms with Gasteiger partial charge in [0.2, 0.25) is 0 Å². The summed E-state index contributed by atoms with van der Waals surface area (Å²) in [5.41, 5.74) is 2.78. The lowest BCUT2D eigenvalue weighted by Crippen LogP contribution is -2.35. The van der Waals surface area contributed by atoms with Crippen LogP contribution in [0.15, 0.2) is 24.3 Å². The number of benzene rings is 1. The molecule has 2 nitrogen and oxygen atoms in total. The third-order valence-electron chi connectivity index (χ3n) is 3.15. The molecule has 0 amide bonds. The molecular formula is C14H21NO. The summed E-state index contributed by atoms with van der Waals surface area (Å²) in [6.07, 6.45) is 3.45. The first-order chi connectivity index (χ1) is 7.84. The average molecular weight is 219 g/mol. The summed E-state index contributed by atoms with van der Waals surface area (Å²) < 4.78 is 5.34. The Morgan fingerprint density at radius 3 is 2.88 bits per heavy atom. The van der Waals surface area contributed by atoms with Crippen LogP contribution in [0.25, 0.3) is 0 Å². The van der Waals surface area contributed by atoms with E-state index in [4.69, 9.17) is 4.74 Å². The van der Waals surface area contributed by atoms with Crippen LogP contribution in [-0.4, -0.2) is 25.8 Å². The molecule has 2 heteroatoms. The van der Waals surface area contributed by atoms with Gasteiger partial charge in [-0.05, 0) is 38.3 Å². The van der Waals surface area contributed by atoms with Crippen LogP contribution in [0.4, 0.5) is 0 Å². The molecule has 1 saturated heterocycles. The van der Waals surface area contributed by atoms with Gasteiger partial charge in [0.15, 0.2) is 0 Å². The van der Waals surface area contributed by atoms with Crippen molar-refractivity contribution in [3.63, 3.8) is 0 Å². The van der Waals surface area contributed by atoms with E-state index >= 15 is 0 Å². The van der Waals surface area contributed by atoms with Crippen molar-refractivity contribution in [1.29, 1.82) is 0 Å². The van der Waals surface area contributed by atoms with Gasteiger partial charge >= 0.3 is 0 Å². The largest absolute Gasteiger partial charge is 0.381 e. The summed E-state index contributed by atoms with van der Waals surface area (Å²) in [6, 6.07) is 9.43. The van der Waals surface area contributed by atoms with Crippen LogP contribution in [0.5, 0.6) is 0 Å². The third kappa shape index (κ3) is 3.62. The summed E-state index contributed by atoms with van der Waals surface area (Å²) in [4.78, 5) is 0. The van der Waals surface area contributed by atoms with Gasteiger partial charge in [0.1, 0.15) is 0 Å². The molecule has 1 aromatic carbocycles. The Morgan fingerprint density at radius 2 is 2.12 bits per heavy atom. The Balaban J connectivity index is 1.71. The van der Waals surface area contributed by atoms with Gasteiger partial charge < -0.3 is 10.1 Å². The maximum Gasteiger partial charge on any atom is 0.0480 e. The topological polar surface area (TPSA) is 21.3 Å². The van der Waals surface area contributed by atoms with Crippen molar-refractivity contribution < 1.29 is 4.74 Å². The molecule has 0 aliphatic carbocycles. The molecule has 16 heavy (non-hydrogen) atoms. The van der Waals surface area contributed by atoms with Crippen LogP contribution in [0, 0.1) is 6.92 Å². The van der Waals surface area contributed by atoms with Gasteiger partial charge in [0.25, 0.3) is 0 Å². The van der Waals surface area contributed by atoms with E-state index in [9.17, 15) is 0 Å². The van der Waals surface area contributed by atoms with E-state index in [2.05, 4.69) is 36.5 Å². The molecule has 0 atom stereocenters. The van der Waals surface area contributed by atoms with E-state index in [0.29, 0.717) is 6.04 Å². The van der Waals surface area contributed by atoms with Crippen LogP contribution >= 0.6 is 0 Å². The number of hydrogen-bond donors (Lipinski definition) is 1. The zero-order valence-corrected chi connectivity index (χ0v) is 10.0. The molecule has 1 aliphatic rings. The quantitative estimate of drug-likeness (QED) is 0.839. The number of nitrogens with one attached hydrogen (secondary N) is 1. The Morgan fingerprint density at radius 1 is 1.31 bits per heavy atom. The summed E-state index contributed by atoms with van der Waals surface area (Å²) in [6.45, 7) is 5.06. The highest BCUT2D eigenvalue weighted by atomic mass is 16.5. The molecular weight excluding hydrogens is 198 g/mol. The van der Waals surface area contributed by atoms with Gasteiger partial charge in [-0.1, -0.05) is 29.8 Å². The number of rotatable bonds is 4. The third-order valence-corrected chi connectivity index (χ3v) is 3.15. The van der Waals surface area contributed by atoms with Gasteiger partial charge in [-0.3, -0.25) is 0 Å². The molecule has 0 saturated carbocycles. The average Bonchev–Trinajstić information content (AvgIpc) is 2.30. The van der Waals surface area contributed by atoms with Gasteiger partial charge in [-0.15, -0.1) is 0 Å². The first kappa shape index (κ1) is 11.6. The minimum atomic E-state index is 0.665. The SMILES string of the molecule is Cc1cccc(CCNC2CCOCC2)c1. The van der Waals surface area contributed by atoms with Crippen LogP contribution in [0.1, 0.15) is 24.0 Å². The second kappa shape index (κ2) is 6.02. The number of aryl methyl sites for hydroxylation is 1. The van der Waals surface area contributed by atoms with Gasteiger partial charge in [0.05, 0.1) is 0 Å². The van der Waals surface area contributed by atoms with E-state index in [1.165, 1.54) is 11.1 Å². The van der Waals surface area contributed by atoms with Crippen molar-refractivity contribution >= 4 is 0 Å². The number of ether oxygens (including phenoxy) is 1. The first-order valence-electron chi connectivity index (χ1n) is 6.21. The van der Waals surface area contributed by atoms with Crippen molar-refractivity contribution in [2.24, 2.45) is 0 Å². The predicted molar refractivity (Wildman–Crippen MR) is 66.7 cm³/mol. The van der Waals surface area contributed by atoms with E-state index in [0.717, 1.165) is 39.0 Å². The lowest BCUT2D eigenvalue weighted by molar-refractivity contribution is 0.0782. The van der Waals surface area contributed by atoms with Crippen LogP contribution in [0.2, 0.25) is 0 Å². The summed E-state index contributed by atoms with van der Waals surface area (Å²) in [7, 11) is 0. The highest BCUT2D eigenvalue weighted by molar-refractivity contribution is 5.22. The first-order valence-corrected chi connectivity index (χ1v) is 6.21. The predicted octanol–water partition coefficient (Wildman–Crippen LogP) is 2.31. The van der Waals surface area contributed by atoms with Crippen LogP contribution in [-0.2, 0) is 11.2 Å². The van der Waals surface area contributed by atoms with Crippen molar-refractivity contribution in [3.8, 4) is 0 Å². The lowest BCUT2D eigenvalue weighted by atomic mass is 10.1. The Kier molecular flexibility index (Phi) is 4.37. The standard InChI is InChI=1S/C14H21NO/c1-12-3-2-4-13(11-12)5-8-15-14-6-9-16-10-7-14/h2-4,11,14-15H,5-10H2,1H3. The molecule has 0 aromatic heterocycles. The maximum atomic E-state index is 5.34. The van der Waals surface area contributed by atoms with E-state index in [-0.39, 0.29) is 0 Å². The van der Waals surface area contributed by atoms with E-state index in [1.54, 1.807) is 0 Å².